The number of aromatic amines is 1. The first kappa shape index (κ1) is 18.0. The second kappa shape index (κ2) is 6.88. The van der Waals surface area contributed by atoms with Gasteiger partial charge in [0, 0.05) is 35.1 Å². The molecule has 4 heterocycles. The maximum absolute atomic E-state index is 13.6. The fourth-order valence-electron chi connectivity index (χ4n) is 6.59. The summed E-state index contributed by atoms with van der Waals surface area (Å²) in [4.78, 5) is 21.8. The Morgan fingerprint density at radius 1 is 1.17 bits per heavy atom. The van der Waals surface area contributed by atoms with Gasteiger partial charge in [-0.05, 0) is 68.7 Å². The Hall–Kier alpha value is -1.78. The number of carbonyl (C=O) groups is 1. The molecular weight excluding hydrogens is 382 g/mol. The molecule has 0 saturated carbocycles. The molecule has 3 aliphatic heterocycles. The van der Waals surface area contributed by atoms with E-state index in [1.807, 2.05) is 24.3 Å². The molecule has 152 valence electrons. The predicted octanol–water partition coefficient (Wildman–Crippen LogP) is 4.86. The summed E-state index contributed by atoms with van der Waals surface area (Å²) in [6, 6.07) is 8.75. The highest BCUT2D eigenvalue weighted by Gasteiger charge is 2.47. The van der Waals surface area contributed by atoms with Crippen molar-refractivity contribution in [3.8, 4) is 0 Å². The lowest BCUT2D eigenvalue weighted by Gasteiger charge is -2.54. The zero-order valence-corrected chi connectivity index (χ0v) is 17.5. The maximum Gasteiger partial charge on any atom is 0.270 e. The van der Waals surface area contributed by atoms with Crippen LogP contribution in [-0.4, -0.2) is 52.4 Å². The number of hydrogen-bond donors (Lipinski definition) is 1. The molecule has 3 fully saturated rings. The van der Waals surface area contributed by atoms with E-state index in [1.165, 1.54) is 37.8 Å². The summed E-state index contributed by atoms with van der Waals surface area (Å²) in [6.45, 7) is 3.25. The van der Waals surface area contributed by atoms with Crippen molar-refractivity contribution >= 4 is 28.4 Å². The van der Waals surface area contributed by atoms with Crippen molar-refractivity contribution in [3.63, 3.8) is 0 Å². The second-order valence-electron chi connectivity index (χ2n) is 9.39. The van der Waals surface area contributed by atoms with Crippen molar-refractivity contribution in [2.75, 3.05) is 19.6 Å². The highest BCUT2D eigenvalue weighted by molar-refractivity contribution is 6.35. The second-order valence-corrected chi connectivity index (χ2v) is 9.80. The third-order valence-electron chi connectivity index (χ3n) is 7.76. The van der Waals surface area contributed by atoms with E-state index < -0.39 is 0 Å². The van der Waals surface area contributed by atoms with Crippen LogP contribution in [0.25, 0.3) is 10.9 Å². The van der Waals surface area contributed by atoms with Gasteiger partial charge in [0.05, 0.1) is 6.04 Å². The molecule has 1 aromatic heterocycles. The lowest BCUT2D eigenvalue weighted by Crippen LogP contribution is -2.60. The average molecular weight is 410 g/mol. The Balaban J connectivity index is 1.34. The Labute approximate surface area is 176 Å². The fourth-order valence-corrected chi connectivity index (χ4v) is 6.82. The van der Waals surface area contributed by atoms with Gasteiger partial charge in [-0.15, -0.1) is 0 Å². The van der Waals surface area contributed by atoms with Crippen LogP contribution in [0.15, 0.2) is 35.9 Å². The van der Waals surface area contributed by atoms with Crippen LogP contribution in [0.4, 0.5) is 0 Å². The minimum absolute atomic E-state index is 0.132. The van der Waals surface area contributed by atoms with Gasteiger partial charge in [-0.1, -0.05) is 35.7 Å². The van der Waals surface area contributed by atoms with Crippen molar-refractivity contribution in [3.05, 3.63) is 46.6 Å². The SMILES string of the molecule is O=C(c1cc2c(Cl)cccc2[nH]1)N1CCCC2=C[C@@H]3C[C@@H](CN4CCCC[C@@H]34)[C@H]21. The van der Waals surface area contributed by atoms with Gasteiger partial charge < -0.3 is 9.88 Å². The van der Waals surface area contributed by atoms with Crippen molar-refractivity contribution in [1.29, 1.82) is 0 Å². The van der Waals surface area contributed by atoms with Crippen molar-refractivity contribution in [2.45, 2.75) is 50.6 Å². The molecule has 1 N–H and O–H groups in total. The number of rotatable bonds is 1. The molecule has 0 spiro atoms. The molecular formula is C24H28ClN3O. The minimum Gasteiger partial charge on any atom is -0.350 e. The number of H-pyrrole nitrogens is 1. The normalized spacial score (nSPS) is 31.9. The quantitative estimate of drug-likeness (QED) is 0.683. The lowest BCUT2D eigenvalue weighted by atomic mass is 9.68. The molecule has 2 aromatic rings. The third-order valence-corrected chi connectivity index (χ3v) is 8.09. The van der Waals surface area contributed by atoms with Crippen LogP contribution >= 0.6 is 11.6 Å². The van der Waals surface area contributed by atoms with Crippen molar-refractivity contribution in [2.24, 2.45) is 11.8 Å². The van der Waals surface area contributed by atoms with Crippen molar-refractivity contribution < 1.29 is 4.79 Å². The van der Waals surface area contributed by atoms with Gasteiger partial charge in [0.1, 0.15) is 5.69 Å². The van der Waals surface area contributed by atoms with E-state index in [1.54, 1.807) is 0 Å². The number of carbonyl (C=O) groups excluding carboxylic acids is 1. The van der Waals surface area contributed by atoms with Gasteiger partial charge in [0.15, 0.2) is 0 Å². The summed E-state index contributed by atoms with van der Waals surface area (Å²) in [6.07, 6.45) is 10.1. The third kappa shape index (κ3) is 2.87. The van der Waals surface area contributed by atoms with Gasteiger partial charge in [0.25, 0.3) is 5.91 Å². The van der Waals surface area contributed by atoms with Crippen LogP contribution in [0, 0.1) is 11.8 Å². The molecule has 4 aliphatic rings. The molecule has 1 amide bonds. The van der Waals surface area contributed by atoms with Crippen LogP contribution in [0.2, 0.25) is 5.02 Å². The van der Waals surface area contributed by atoms with Crippen LogP contribution in [-0.2, 0) is 0 Å². The zero-order chi connectivity index (χ0) is 19.5. The molecule has 29 heavy (non-hydrogen) atoms. The number of nitrogens with one attached hydrogen (secondary N) is 1. The summed E-state index contributed by atoms with van der Waals surface area (Å²) in [5.74, 6) is 1.40. The molecule has 0 radical (unpaired) electrons. The van der Waals surface area contributed by atoms with Crippen LogP contribution in [0.1, 0.15) is 49.0 Å². The number of likely N-dealkylation sites (tertiary alicyclic amines) is 1. The van der Waals surface area contributed by atoms with E-state index in [2.05, 4.69) is 20.9 Å². The molecule has 2 bridgehead atoms. The van der Waals surface area contributed by atoms with Gasteiger partial charge in [-0.3, -0.25) is 9.69 Å². The first-order chi connectivity index (χ1) is 14.2. The Bertz CT molecular complexity index is 995. The van der Waals surface area contributed by atoms with E-state index in [-0.39, 0.29) is 11.9 Å². The largest absolute Gasteiger partial charge is 0.350 e. The minimum atomic E-state index is 0.132. The number of aromatic nitrogens is 1. The standard InChI is InChI=1S/C24H28ClN3O/c25-19-6-3-7-20-18(19)13-21(26-20)24(29)28-10-4-5-15-11-16-12-17(23(15)28)14-27-9-2-1-8-22(16)27/h3,6-7,11,13,16-17,22-23,26H,1-2,4-5,8-10,12,14H2/t16-,17+,22+,23+/m1/s1. The van der Waals surface area contributed by atoms with Crippen LogP contribution in [0.5, 0.6) is 0 Å². The monoisotopic (exact) mass is 409 g/mol. The molecule has 4 atom stereocenters. The van der Waals surface area contributed by atoms with E-state index in [4.69, 9.17) is 11.6 Å². The molecule has 0 unspecified atom stereocenters. The van der Waals surface area contributed by atoms with Gasteiger partial charge in [-0.2, -0.15) is 0 Å². The summed E-state index contributed by atoms with van der Waals surface area (Å²) < 4.78 is 0. The number of benzene rings is 1. The first-order valence-corrected chi connectivity index (χ1v) is 11.6. The molecule has 3 saturated heterocycles. The lowest BCUT2D eigenvalue weighted by molar-refractivity contribution is 0.00134. The molecule has 5 heteroatoms. The van der Waals surface area contributed by atoms with E-state index >= 15 is 0 Å². The van der Waals surface area contributed by atoms with E-state index in [0.717, 1.165) is 42.9 Å². The number of piperidine rings is 3. The van der Waals surface area contributed by atoms with Gasteiger partial charge >= 0.3 is 0 Å². The number of amides is 1. The van der Waals surface area contributed by atoms with Crippen LogP contribution < -0.4 is 0 Å². The van der Waals surface area contributed by atoms with E-state index in [0.29, 0.717) is 22.6 Å². The summed E-state index contributed by atoms with van der Waals surface area (Å²) in [7, 11) is 0. The molecule has 1 aliphatic carbocycles. The molecule has 4 nitrogen and oxygen atoms in total. The predicted molar refractivity (Wildman–Crippen MR) is 116 cm³/mol. The number of halogens is 1. The van der Waals surface area contributed by atoms with Crippen LogP contribution in [0.3, 0.4) is 0 Å². The average Bonchev–Trinajstić information content (AvgIpc) is 3.19. The Morgan fingerprint density at radius 2 is 2.10 bits per heavy atom. The Morgan fingerprint density at radius 3 is 3.00 bits per heavy atom. The maximum atomic E-state index is 13.6. The van der Waals surface area contributed by atoms with E-state index in [9.17, 15) is 4.79 Å². The topological polar surface area (TPSA) is 39.3 Å². The number of fused-ring (bicyclic) bond motifs is 7. The number of nitrogens with zero attached hydrogens (tertiary/aromatic N) is 2. The highest BCUT2D eigenvalue weighted by atomic mass is 35.5. The molecule has 1 aromatic carbocycles. The van der Waals surface area contributed by atoms with Gasteiger partial charge in [0.2, 0.25) is 0 Å². The first-order valence-electron chi connectivity index (χ1n) is 11.2. The summed E-state index contributed by atoms with van der Waals surface area (Å²) in [5.41, 5.74) is 3.14. The molecule has 6 rings (SSSR count). The smallest absolute Gasteiger partial charge is 0.270 e. The summed E-state index contributed by atoms with van der Waals surface area (Å²) >= 11 is 6.35. The van der Waals surface area contributed by atoms with Crippen molar-refractivity contribution in [1.82, 2.24) is 14.8 Å². The Kier molecular flexibility index (Phi) is 4.28. The zero-order valence-electron chi connectivity index (χ0n) is 16.7. The van der Waals surface area contributed by atoms with Gasteiger partial charge in [-0.25, -0.2) is 0 Å². The number of hydrogen-bond acceptors (Lipinski definition) is 2. The highest BCUT2D eigenvalue weighted by Crippen LogP contribution is 2.45. The summed E-state index contributed by atoms with van der Waals surface area (Å²) in [5, 5.41) is 1.63. The fraction of sp³-hybridized carbons (Fsp3) is 0.542.